The number of aromatic nitrogens is 3. The molecule has 5 rings (SSSR count). The van der Waals surface area contributed by atoms with E-state index in [4.69, 9.17) is 0 Å². The predicted molar refractivity (Wildman–Crippen MR) is 113 cm³/mol. The Morgan fingerprint density at radius 1 is 1.27 bits per heavy atom. The minimum absolute atomic E-state index is 0.0696. The van der Waals surface area contributed by atoms with Crippen molar-refractivity contribution < 1.29 is 4.79 Å². The number of rotatable bonds is 3. The summed E-state index contributed by atoms with van der Waals surface area (Å²) in [6, 6.07) is 8.33. The van der Waals surface area contributed by atoms with Crippen LogP contribution >= 0.6 is 0 Å². The zero-order valence-corrected chi connectivity index (χ0v) is 17.8. The lowest BCUT2D eigenvalue weighted by Crippen LogP contribution is -2.51. The molecule has 30 heavy (non-hydrogen) atoms. The van der Waals surface area contributed by atoms with Crippen LogP contribution in [0.5, 0.6) is 0 Å². The van der Waals surface area contributed by atoms with Gasteiger partial charge in [-0.15, -0.1) is 0 Å². The first-order chi connectivity index (χ1) is 14.4. The van der Waals surface area contributed by atoms with E-state index in [0.717, 1.165) is 46.6 Å². The third-order valence-corrected chi connectivity index (χ3v) is 6.63. The number of aryl methyl sites for hydroxylation is 1. The maximum absolute atomic E-state index is 13.5. The van der Waals surface area contributed by atoms with Crippen molar-refractivity contribution in [2.24, 2.45) is 22.7 Å². The Balaban J connectivity index is 1.75. The Morgan fingerprint density at radius 3 is 2.83 bits per heavy atom. The van der Waals surface area contributed by atoms with E-state index in [-0.39, 0.29) is 17.4 Å². The Labute approximate surface area is 176 Å². The lowest BCUT2D eigenvalue weighted by atomic mass is 9.59. The van der Waals surface area contributed by atoms with Crippen LogP contribution in [0.2, 0.25) is 0 Å². The van der Waals surface area contributed by atoms with Crippen molar-refractivity contribution in [1.82, 2.24) is 20.1 Å². The molecule has 154 valence electrons. The molecule has 0 saturated carbocycles. The topological polar surface area (TPSA) is 84.5 Å². The van der Waals surface area contributed by atoms with Crippen LogP contribution in [-0.4, -0.2) is 26.7 Å². The molecule has 0 bridgehead atoms. The van der Waals surface area contributed by atoms with Gasteiger partial charge in [-0.3, -0.25) is 4.79 Å². The summed E-state index contributed by atoms with van der Waals surface area (Å²) >= 11 is 0. The fourth-order valence-corrected chi connectivity index (χ4v) is 5.37. The van der Waals surface area contributed by atoms with Gasteiger partial charge in [0, 0.05) is 35.9 Å². The van der Waals surface area contributed by atoms with Gasteiger partial charge >= 0.3 is 0 Å². The Morgan fingerprint density at radius 2 is 2.10 bits per heavy atom. The average Bonchev–Trinajstić information content (AvgIpc) is 3.34. The molecule has 0 spiro atoms. The highest BCUT2D eigenvalue weighted by Gasteiger charge is 2.52. The van der Waals surface area contributed by atoms with E-state index < -0.39 is 5.41 Å². The lowest BCUT2D eigenvalue weighted by molar-refractivity contribution is -0.119. The van der Waals surface area contributed by atoms with Crippen molar-refractivity contribution in [1.29, 1.82) is 0 Å². The van der Waals surface area contributed by atoms with Crippen molar-refractivity contribution >= 4 is 5.78 Å². The zero-order valence-electron chi connectivity index (χ0n) is 17.8. The van der Waals surface area contributed by atoms with Crippen molar-refractivity contribution in [3.8, 4) is 11.4 Å². The van der Waals surface area contributed by atoms with E-state index in [1.165, 1.54) is 0 Å². The van der Waals surface area contributed by atoms with Crippen LogP contribution < -0.4 is 5.32 Å². The van der Waals surface area contributed by atoms with Crippen molar-refractivity contribution in [3.05, 3.63) is 59.2 Å². The number of carbonyl (C=O) groups excluding carboxylic acids is 1. The number of hydrogen-bond donors (Lipinski definition) is 1. The van der Waals surface area contributed by atoms with E-state index in [1.54, 1.807) is 11.0 Å². The van der Waals surface area contributed by atoms with E-state index in [0.29, 0.717) is 6.42 Å². The lowest BCUT2D eigenvalue weighted by Gasteiger charge is -2.47. The molecule has 2 aliphatic heterocycles. The van der Waals surface area contributed by atoms with Gasteiger partial charge in [-0.05, 0) is 29.9 Å². The number of fused-ring (bicyclic) bond motifs is 1. The van der Waals surface area contributed by atoms with Gasteiger partial charge < -0.3 is 5.32 Å². The van der Waals surface area contributed by atoms with Crippen LogP contribution in [0.1, 0.15) is 45.6 Å². The summed E-state index contributed by atoms with van der Waals surface area (Å²) in [5, 5.41) is 16.4. The number of nitrogens with one attached hydrogen (secondary N) is 1. The molecule has 7 nitrogen and oxygen atoms in total. The molecule has 3 aliphatic rings. The van der Waals surface area contributed by atoms with Crippen molar-refractivity contribution in [2.75, 3.05) is 0 Å². The molecule has 1 aromatic carbocycles. The summed E-state index contributed by atoms with van der Waals surface area (Å²) < 4.78 is 1.77. The maximum atomic E-state index is 13.5. The molecule has 0 saturated heterocycles. The number of benzene rings is 1. The monoisotopic (exact) mass is 402 g/mol. The van der Waals surface area contributed by atoms with E-state index >= 15 is 0 Å². The number of azo groups is 1. The van der Waals surface area contributed by atoms with Gasteiger partial charge in [0.25, 0.3) is 0 Å². The fourth-order valence-electron chi connectivity index (χ4n) is 5.37. The number of ketones is 1. The van der Waals surface area contributed by atoms with Crippen LogP contribution in [-0.2, 0) is 17.3 Å². The third kappa shape index (κ3) is 2.61. The first-order valence-electron chi connectivity index (χ1n) is 10.4. The highest BCUT2D eigenvalue weighted by Crippen LogP contribution is 2.53. The first-order valence-corrected chi connectivity index (χ1v) is 10.4. The minimum atomic E-state index is -0.545. The summed E-state index contributed by atoms with van der Waals surface area (Å²) in [4.78, 5) is 17.9. The zero-order chi connectivity index (χ0) is 21.1. The van der Waals surface area contributed by atoms with Crippen LogP contribution in [0.25, 0.3) is 11.4 Å². The summed E-state index contributed by atoms with van der Waals surface area (Å²) in [6.45, 7) is 6.45. The normalized spacial score (nSPS) is 26.9. The Kier molecular flexibility index (Phi) is 4.07. The molecular formula is C23H26N6O. The van der Waals surface area contributed by atoms with Crippen LogP contribution in [0, 0.1) is 5.41 Å². The molecule has 1 N–H and O–H groups in total. The first kappa shape index (κ1) is 18.9. The SMILES string of the molecule is CCC1(c2cccc(-c3ncnn3C)c2)C2=CN=NC2NC2=C1C(=O)CC(C)(C)C2. The van der Waals surface area contributed by atoms with Crippen LogP contribution in [0.4, 0.5) is 0 Å². The molecule has 0 amide bonds. The van der Waals surface area contributed by atoms with Gasteiger partial charge in [-0.25, -0.2) is 9.67 Å². The second-order valence-corrected chi connectivity index (χ2v) is 9.20. The van der Waals surface area contributed by atoms with Crippen molar-refractivity contribution in [2.45, 2.75) is 51.6 Å². The second-order valence-electron chi connectivity index (χ2n) is 9.20. The summed E-state index contributed by atoms with van der Waals surface area (Å²) in [6.07, 6.45) is 5.32. The number of hydrogen-bond acceptors (Lipinski definition) is 6. The number of carbonyl (C=O) groups is 1. The van der Waals surface area contributed by atoms with Crippen LogP contribution in [0.3, 0.4) is 0 Å². The van der Waals surface area contributed by atoms with Crippen LogP contribution in [0.15, 0.2) is 63.9 Å². The van der Waals surface area contributed by atoms with Gasteiger partial charge in [-0.1, -0.05) is 39.0 Å². The van der Waals surface area contributed by atoms with Gasteiger partial charge in [0.1, 0.15) is 6.33 Å². The quantitative estimate of drug-likeness (QED) is 0.839. The van der Waals surface area contributed by atoms with E-state index in [1.807, 2.05) is 25.4 Å². The number of allylic oxidation sites excluding steroid dienone is 2. The maximum Gasteiger partial charge on any atom is 0.164 e. The fraction of sp³-hybridized carbons (Fsp3) is 0.435. The molecule has 7 heteroatoms. The summed E-state index contributed by atoms with van der Waals surface area (Å²) in [7, 11) is 1.88. The van der Waals surface area contributed by atoms with E-state index in [2.05, 4.69) is 58.5 Å². The highest BCUT2D eigenvalue weighted by molar-refractivity contribution is 6.01. The molecular weight excluding hydrogens is 376 g/mol. The molecule has 2 atom stereocenters. The van der Waals surface area contributed by atoms with E-state index in [9.17, 15) is 4.79 Å². The van der Waals surface area contributed by atoms with Crippen molar-refractivity contribution in [3.63, 3.8) is 0 Å². The minimum Gasteiger partial charge on any atom is -0.362 e. The molecule has 2 unspecified atom stereocenters. The highest BCUT2D eigenvalue weighted by atomic mass is 16.1. The number of nitrogens with zero attached hydrogens (tertiary/aromatic N) is 5. The third-order valence-electron chi connectivity index (χ3n) is 6.63. The smallest absolute Gasteiger partial charge is 0.164 e. The molecule has 3 heterocycles. The standard InChI is InChI=1S/C23H26N6O/c1-5-23(15-8-6-7-14(9-15)21-24-13-26-29(21)4)16-12-25-28-20(16)27-17-10-22(2,3)11-18(30)19(17)23/h6-9,12-13,20,27H,5,10-11H2,1-4H3. The number of Topliss-reactive ketones (excluding diaryl/α,β-unsaturated/α-hetero) is 1. The average molecular weight is 403 g/mol. The largest absolute Gasteiger partial charge is 0.362 e. The van der Waals surface area contributed by atoms with Gasteiger partial charge in [-0.2, -0.15) is 15.3 Å². The van der Waals surface area contributed by atoms with Gasteiger partial charge in [0.15, 0.2) is 17.8 Å². The molecule has 1 aromatic heterocycles. The molecule has 0 radical (unpaired) electrons. The molecule has 1 aliphatic carbocycles. The Bertz CT molecular complexity index is 1140. The summed E-state index contributed by atoms with van der Waals surface area (Å²) in [5.41, 5.74) is 4.40. The Hall–Kier alpha value is -3.09. The summed E-state index contributed by atoms with van der Waals surface area (Å²) in [5.74, 6) is 1.01. The second kappa shape index (κ2) is 6.45. The van der Waals surface area contributed by atoms with Gasteiger partial charge in [0.05, 0.1) is 11.6 Å². The van der Waals surface area contributed by atoms with Gasteiger partial charge in [0.2, 0.25) is 0 Å². The molecule has 0 fully saturated rings. The predicted octanol–water partition coefficient (Wildman–Crippen LogP) is 4.05. The molecule has 2 aromatic rings.